The summed E-state index contributed by atoms with van der Waals surface area (Å²) in [6.07, 6.45) is 0. The van der Waals surface area contributed by atoms with Gasteiger partial charge in [0.1, 0.15) is 0 Å². The van der Waals surface area contributed by atoms with Gasteiger partial charge < -0.3 is 9.97 Å². The van der Waals surface area contributed by atoms with Gasteiger partial charge in [0.2, 0.25) is 0 Å². The van der Waals surface area contributed by atoms with Gasteiger partial charge in [0.15, 0.2) is 10.9 Å². The summed E-state index contributed by atoms with van der Waals surface area (Å²) in [5, 5.41) is 2.50. The van der Waals surface area contributed by atoms with E-state index in [0.717, 1.165) is 16.6 Å². The van der Waals surface area contributed by atoms with Crippen LogP contribution in [-0.2, 0) is 0 Å². The standard InChI is InChI=1S/C21H14N2O2/c1-11-5-4-8-16-19(11)21(25)14-10-17-13(9-18(14)23-16)20(24)12-6-2-3-7-15(12)22-17/h2-10H,1H3,(H,22,24)(H,23,25). The van der Waals surface area contributed by atoms with Crippen molar-refractivity contribution in [1.82, 2.24) is 9.97 Å². The minimum absolute atomic E-state index is 0.0160. The number of hydrogen-bond donors (Lipinski definition) is 2. The number of para-hydroxylation sites is 1. The van der Waals surface area contributed by atoms with E-state index in [2.05, 4.69) is 9.97 Å². The molecule has 0 bridgehead atoms. The average Bonchev–Trinajstić information content (AvgIpc) is 2.61. The number of pyridine rings is 2. The molecule has 0 saturated heterocycles. The van der Waals surface area contributed by atoms with Crippen molar-refractivity contribution in [3.8, 4) is 0 Å². The maximum atomic E-state index is 13.0. The molecule has 0 saturated carbocycles. The van der Waals surface area contributed by atoms with Gasteiger partial charge in [-0.2, -0.15) is 0 Å². The van der Waals surface area contributed by atoms with E-state index in [0.29, 0.717) is 32.6 Å². The fourth-order valence-corrected chi connectivity index (χ4v) is 3.62. The Morgan fingerprint density at radius 2 is 1.28 bits per heavy atom. The van der Waals surface area contributed by atoms with Crippen LogP contribution in [0.25, 0.3) is 43.6 Å². The fraction of sp³-hybridized carbons (Fsp3) is 0.0476. The number of aryl methyl sites for hydroxylation is 1. The number of nitrogens with one attached hydrogen (secondary N) is 2. The number of rotatable bonds is 0. The molecule has 0 radical (unpaired) electrons. The molecule has 120 valence electrons. The van der Waals surface area contributed by atoms with Gasteiger partial charge in [0, 0.05) is 27.1 Å². The molecule has 0 amide bonds. The van der Waals surface area contributed by atoms with Crippen molar-refractivity contribution in [3.63, 3.8) is 0 Å². The molecular weight excluding hydrogens is 312 g/mol. The number of hydrogen-bond acceptors (Lipinski definition) is 2. The lowest BCUT2D eigenvalue weighted by atomic mass is 10.0. The number of H-pyrrole nitrogens is 2. The zero-order valence-electron chi connectivity index (χ0n) is 13.5. The maximum Gasteiger partial charge on any atom is 0.197 e. The molecule has 0 unspecified atom stereocenters. The predicted octanol–water partition coefficient (Wildman–Crippen LogP) is 3.98. The Morgan fingerprint density at radius 3 is 2.08 bits per heavy atom. The van der Waals surface area contributed by atoms with Crippen molar-refractivity contribution in [2.75, 3.05) is 0 Å². The van der Waals surface area contributed by atoms with Crippen LogP contribution in [0, 0.1) is 6.92 Å². The molecular formula is C21H14N2O2. The van der Waals surface area contributed by atoms with Crippen molar-refractivity contribution >= 4 is 43.6 Å². The molecule has 0 atom stereocenters. The van der Waals surface area contributed by atoms with Gasteiger partial charge in [-0.3, -0.25) is 9.59 Å². The number of fused-ring (bicyclic) bond motifs is 4. The van der Waals surface area contributed by atoms with E-state index in [4.69, 9.17) is 0 Å². The van der Waals surface area contributed by atoms with Crippen LogP contribution < -0.4 is 10.9 Å². The van der Waals surface area contributed by atoms with Crippen LogP contribution >= 0.6 is 0 Å². The van der Waals surface area contributed by atoms with E-state index < -0.39 is 0 Å². The quantitative estimate of drug-likeness (QED) is 0.423. The number of benzene rings is 3. The highest BCUT2D eigenvalue weighted by molar-refractivity contribution is 6.03. The lowest BCUT2D eigenvalue weighted by Gasteiger charge is -2.08. The van der Waals surface area contributed by atoms with E-state index >= 15 is 0 Å². The summed E-state index contributed by atoms with van der Waals surface area (Å²) in [5.41, 5.74) is 3.80. The zero-order chi connectivity index (χ0) is 17.1. The van der Waals surface area contributed by atoms with E-state index in [9.17, 15) is 9.59 Å². The molecule has 0 aliphatic heterocycles. The fourth-order valence-electron chi connectivity index (χ4n) is 3.62. The number of aromatic nitrogens is 2. The summed E-state index contributed by atoms with van der Waals surface area (Å²) in [7, 11) is 0. The first-order valence-electron chi connectivity index (χ1n) is 8.13. The Labute approximate surface area is 141 Å². The molecule has 3 aromatic carbocycles. The van der Waals surface area contributed by atoms with E-state index in [1.54, 1.807) is 12.1 Å². The Hall–Kier alpha value is -3.40. The summed E-state index contributed by atoms with van der Waals surface area (Å²) in [6.45, 7) is 1.93. The third-order valence-electron chi connectivity index (χ3n) is 4.86. The minimum atomic E-state index is -0.0311. The molecule has 0 aliphatic rings. The summed E-state index contributed by atoms with van der Waals surface area (Å²) in [5.74, 6) is 0. The van der Waals surface area contributed by atoms with Crippen molar-refractivity contribution in [2.24, 2.45) is 0 Å². The molecule has 0 spiro atoms. The van der Waals surface area contributed by atoms with Gasteiger partial charge in [-0.1, -0.05) is 24.3 Å². The van der Waals surface area contributed by atoms with Crippen LogP contribution in [0.15, 0.2) is 64.2 Å². The van der Waals surface area contributed by atoms with Gasteiger partial charge in [0.05, 0.1) is 16.6 Å². The highest BCUT2D eigenvalue weighted by Crippen LogP contribution is 2.22. The van der Waals surface area contributed by atoms with Crippen LogP contribution in [0.2, 0.25) is 0 Å². The molecule has 5 aromatic rings. The van der Waals surface area contributed by atoms with Crippen LogP contribution in [-0.4, -0.2) is 9.97 Å². The highest BCUT2D eigenvalue weighted by Gasteiger charge is 2.11. The van der Waals surface area contributed by atoms with Crippen molar-refractivity contribution in [2.45, 2.75) is 6.92 Å². The molecule has 4 nitrogen and oxygen atoms in total. The van der Waals surface area contributed by atoms with E-state index in [1.807, 2.05) is 49.4 Å². The Kier molecular flexibility index (Phi) is 2.69. The lowest BCUT2D eigenvalue weighted by Crippen LogP contribution is -2.08. The van der Waals surface area contributed by atoms with Gasteiger partial charge >= 0.3 is 0 Å². The first kappa shape index (κ1) is 14.0. The van der Waals surface area contributed by atoms with Gasteiger partial charge in [-0.15, -0.1) is 0 Å². The third-order valence-corrected chi connectivity index (χ3v) is 4.86. The maximum absolute atomic E-state index is 13.0. The Morgan fingerprint density at radius 1 is 0.640 bits per heavy atom. The summed E-state index contributed by atoms with van der Waals surface area (Å²) in [4.78, 5) is 32.4. The highest BCUT2D eigenvalue weighted by atomic mass is 16.1. The van der Waals surface area contributed by atoms with Crippen molar-refractivity contribution in [3.05, 3.63) is 80.6 Å². The van der Waals surface area contributed by atoms with E-state index in [1.165, 1.54) is 0 Å². The molecule has 2 aromatic heterocycles. The molecule has 4 heteroatoms. The second-order valence-corrected chi connectivity index (χ2v) is 6.39. The van der Waals surface area contributed by atoms with Crippen molar-refractivity contribution < 1.29 is 0 Å². The SMILES string of the molecule is Cc1cccc2[nH]c3cc4c(=O)c5ccccc5[nH]c4cc3c(=O)c12. The predicted molar refractivity (Wildman–Crippen MR) is 102 cm³/mol. The third kappa shape index (κ3) is 1.88. The van der Waals surface area contributed by atoms with Crippen LogP contribution in [0.1, 0.15) is 5.56 Å². The first-order valence-corrected chi connectivity index (χ1v) is 8.13. The second-order valence-electron chi connectivity index (χ2n) is 6.39. The van der Waals surface area contributed by atoms with Gasteiger partial charge in [-0.05, 0) is 42.8 Å². The second kappa shape index (κ2) is 4.80. The monoisotopic (exact) mass is 326 g/mol. The molecule has 0 aliphatic carbocycles. The van der Waals surface area contributed by atoms with Gasteiger partial charge in [-0.25, -0.2) is 0 Å². The van der Waals surface area contributed by atoms with E-state index in [-0.39, 0.29) is 10.9 Å². The summed E-state index contributed by atoms with van der Waals surface area (Å²) < 4.78 is 0. The molecule has 2 N–H and O–H groups in total. The topological polar surface area (TPSA) is 65.7 Å². The first-order chi connectivity index (χ1) is 12.1. The summed E-state index contributed by atoms with van der Waals surface area (Å²) in [6, 6.07) is 16.7. The van der Waals surface area contributed by atoms with Crippen LogP contribution in [0.5, 0.6) is 0 Å². The largest absolute Gasteiger partial charge is 0.354 e. The summed E-state index contributed by atoms with van der Waals surface area (Å²) >= 11 is 0. The molecule has 5 rings (SSSR count). The minimum Gasteiger partial charge on any atom is -0.354 e. The van der Waals surface area contributed by atoms with Crippen LogP contribution in [0.3, 0.4) is 0 Å². The Balaban J connectivity index is 2.05. The molecule has 25 heavy (non-hydrogen) atoms. The zero-order valence-corrected chi connectivity index (χ0v) is 13.5. The Bertz CT molecular complexity index is 1440. The smallest absolute Gasteiger partial charge is 0.197 e. The average molecular weight is 326 g/mol. The van der Waals surface area contributed by atoms with Crippen LogP contribution in [0.4, 0.5) is 0 Å². The number of aromatic amines is 2. The molecule has 2 heterocycles. The lowest BCUT2D eigenvalue weighted by molar-refractivity contribution is 1.43. The normalized spacial score (nSPS) is 11.7. The van der Waals surface area contributed by atoms with Crippen molar-refractivity contribution in [1.29, 1.82) is 0 Å². The van der Waals surface area contributed by atoms with Gasteiger partial charge in [0.25, 0.3) is 0 Å². The molecule has 0 fully saturated rings.